The topological polar surface area (TPSA) is 74.6 Å². The Balaban J connectivity index is 1.58. The number of benzene rings is 1. The molecule has 0 bridgehead atoms. The van der Waals surface area contributed by atoms with Gasteiger partial charge in [-0.3, -0.25) is 9.59 Å². The van der Waals surface area contributed by atoms with E-state index in [1.54, 1.807) is 30.3 Å². The van der Waals surface area contributed by atoms with Gasteiger partial charge in [-0.15, -0.1) is 0 Å². The number of furan rings is 1. The van der Waals surface area contributed by atoms with Crippen molar-refractivity contribution in [3.8, 4) is 0 Å². The van der Waals surface area contributed by atoms with Gasteiger partial charge in [0.25, 0.3) is 11.8 Å². The summed E-state index contributed by atoms with van der Waals surface area (Å²) in [6.07, 6.45) is 9.11. The first kappa shape index (κ1) is 21.8. The molecule has 2 N–H and O–H groups in total. The molecule has 1 aliphatic heterocycles. The van der Waals surface area contributed by atoms with E-state index in [4.69, 9.17) is 4.42 Å². The van der Waals surface area contributed by atoms with E-state index in [0.29, 0.717) is 17.9 Å². The molecule has 0 radical (unpaired) electrons. The molecule has 2 amide bonds. The number of nitrogens with one attached hydrogen (secondary N) is 2. The van der Waals surface area contributed by atoms with Gasteiger partial charge in [-0.25, -0.2) is 0 Å². The van der Waals surface area contributed by atoms with Crippen molar-refractivity contribution in [3.05, 3.63) is 65.2 Å². The third-order valence-corrected chi connectivity index (χ3v) is 5.35. The highest BCUT2D eigenvalue weighted by molar-refractivity contribution is 6.05. The number of hydrogen-bond acceptors (Lipinski definition) is 4. The normalized spacial score (nSPS) is 15.4. The van der Waals surface area contributed by atoms with Gasteiger partial charge in [0, 0.05) is 18.2 Å². The molecule has 0 unspecified atom stereocenters. The predicted molar refractivity (Wildman–Crippen MR) is 118 cm³/mol. The van der Waals surface area contributed by atoms with E-state index in [2.05, 4.69) is 15.5 Å². The number of carbonyl (C=O) groups is 2. The number of amides is 2. The number of likely N-dealkylation sites (tertiary alicyclic amines) is 1. The highest BCUT2D eigenvalue weighted by Crippen LogP contribution is 2.11. The minimum atomic E-state index is -0.316. The third kappa shape index (κ3) is 6.59. The van der Waals surface area contributed by atoms with E-state index in [-0.39, 0.29) is 17.5 Å². The van der Waals surface area contributed by atoms with Crippen LogP contribution in [-0.4, -0.2) is 42.9 Å². The smallest absolute Gasteiger partial charge is 0.267 e. The Morgan fingerprint density at radius 2 is 1.83 bits per heavy atom. The third-order valence-electron chi connectivity index (χ3n) is 5.35. The lowest BCUT2D eigenvalue weighted by molar-refractivity contribution is -0.117. The van der Waals surface area contributed by atoms with Gasteiger partial charge in [0.2, 0.25) is 0 Å². The summed E-state index contributed by atoms with van der Waals surface area (Å²) in [7, 11) is 0. The Hall–Kier alpha value is -2.86. The molecule has 2 heterocycles. The SMILES string of the molecule is Cc1ccccc1C(=O)N/C(=C\c1ccco1)C(=O)NCCCN1CCCCCC1. The summed E-state index contributed by atoms with van der Waals surface area (Å²) in [6.45, 7) is 5.69. The summed E-state index contributed by atoms with van der Waals surface area (Å²) in [6, 6.07) is 10.8. The maximum atomic E-state index is 12.8. The predicted octanol–water partition coefficient (Wildman–Crippen LogP) is 3.74. The molecular weight excluding hydrogens is 378 g/mol. The standard InChI is InChI=1S/C24H31N3O3/c1-19-10-4-5-12-21(19)23(28)26-22(18-20-11-8-17-30-20)24(29)25-13-9-16-27-14-6-2-3-7-15-27/h4-5,8,10-12,17-18H,2-3,6-7,9,13-16H2,1H3,(H,25,29)(H,26,28)/b22-18-. The van der Waals surface area contributed by atoms with Crippen LogP contribution in [0.5, 0.6) is 0 Å². The molecule has 0 saturated carbocycles. The molecule has 0 aliphatic carbocycles. The summed E-state index contributed by atoms with van der Waals surface area (Å²) in [5.74, 6) is -0.121. The molecule has 1 saturated heterocycles. The van der Waals surface area contributed by atoms with E-state index in [9.17, 15) is 9.59 Å². The van der Waals surface area contributed by atoms with Crippen LogP contribution in [0.25, 0.3) is 6.08 Å². The van der Waals surface area contributed by atoms with Gasteiger partial charge in [-0.2, -0.15) is 0 Å². The second kappa shape index (κ2) is 11.4. The van der Waals surface area contributed by atoms with Crippen LogP contribution in [0.3, 0.4) is 0 Å². The molecule has 30 heavy (non-hydrogen) atoms. The zero-order valence-corrected chi connectivity index (χ0v) is 17.7. The molecule has 160 valence electrons. The van der Waals surface area contributed by atoms with Crippen LogP contribution in [0, 0.1) is 6.92 Å². The van der Waals surface area contributed by atoms with Crippen molar-refractivity contribution < 1.29 is 14.0 Å². The molecule has 0 atom stereocenters. The molecule has 2 aromatic rings. The van der Waals surface area contributed by atoms with Crippen LogP contribution in [-0.2, 0) is 4.79 Å². The molecule has 0 spiro atoms. The van der Waals surface area contributed by atoms with Crippen molar-refractivity contribution >= 4 is 17.9 Å². The van der Waals surface area contributed by atoms with Crippen molar-refractivity contribution in [1.29, 1.82) is 0 Å². The van der Waals surface area contributed by atoms with Gasteiger partial charge < -0.3 is 20.0 Å². The Bertz CT molecular complexity index is 850. The Labute approximate surface area is 178 Å². The van der Waals surface area contributed by atoms with E-state index in [0.717, 1.165) is 31.6 Å². The summed E-state index contributed by atoms with van der Waals surface area (Å²) >= 11 is 0. The quantitative estimate of drug-likeness (QED) is 0.514. The first-order valence-corrected chi connectivity index (χ1v) is 10.8. The van der Waals surface area contributed by atoms with Crippen molar-refractivity contribution in [2.75, 3.05) is 26.2 Å². The van der Waals surface area contributed by atoms with Gasteiger partial charge in [0.15, 0.2) is 0 Å². The number of nitrogens with zero attached hydrogens (tertiary/aromatic N) is 1. The molecular formula is C24H31N3O3. The van der Waals surface area contributed by atoms with Crippen LogP contribution >= 0.6 is 0 Å². The van der Waals surface area contributed by atoms with Crippen LogP contribution in [0.2, 0.25) is 0 Å². The van der Waals surface area contributed by atoms with Crippen LogP contribution in [0.15, 0.2) is 52.8 Å². The zero-order valence-electron chi connectivity index (χ0n) is 17.7. The highest BCUT2D eigenvalue weighted by atomic mass is 16.3. The second-order valence-electron chi connectivity index (χ2n) is 7.71. The lowest BCUT2D eigenvalue weighted by Crippen LogP contribution is -2.36. The van der Waals surface area contributed by atoms with E-state index >= 15 is 0 Å². The van der Waals surface area contributed by atoms with Crippen molar-refractivity contribution in [1.82, 2.24) is 15.5 Å². The van der Waals surface area contributed by atoms with E-state index < -0.39 is 0 Å². The van der Waals surface area contributed by atoms with Crippen LogP contribution in [0.4, 0.5) is 0 Å². The zero-order chi connectivity index (χ0) is 21.2. The van der Waals surface area contributed by atoms with Gasteiger partial charge in [0.05, 0.1) is 6.26 Å². The molecule has 6 nitrogen and oxygen atoms in total. The largest absolute Gasteiger partial charge is 0.465 e. The fourth-order valence-electron chi connectivity index (χ4n) is 3.65. The first-order valence-electron chi connectivity index (χ1n) is 10.8. The lowest BCUT2D eigenvalue weighted by Gasteiger charge is -2.19. The van der Waals surface area contributed by atoms with Crippen LogP contribution < -0.4 is 10.6 Å². The van der Waals surface area contributed by atoms with E-state index in [1.807, 2.05) is 19.1 Å². The van der Waals surface area contributed by atoms with Crippen LogP contribution in [0.1, 0.15) is 53.8 Å². The minimum absolute atomic E-state index is 0.174. The Morgan fingerprint density at radius 3 is 2.53 bits per heavy atom. The summed E-state index contributed by atoms with van der Waals surface area (Å²) in [5.41, 5.74) is 1.56. The average Bonchev–Trinajstić information content (AvgIpc) is 3.12. The molecule has 1 aromatic carbocycles. The monoisotopic (exact) mass is 409 g/mol. The number of rotatable bonds is 8. The summed E-state index contributed by atoms with van der Waals surface area (Å²) in [4.78, 5) is 28.0. The molecule has 1 aromatic heterocycles. The first-order chi connectivity index (χ1) is 14.6. The van der Waals surface area contributed by atoms with Gasteiger partial charge in [-0.1, -0.05) is 31.0 Å². The number of hydrogen-bond donors (Lipinski definition) is 2. The average molecular weight is 410 g/mol. The van der Waals surface area contributed by atoms with Crippen molar-refractivity contribution in [2.24, 2.45) is 0 Å². The maximum Gasteiger partial charge on any atom is 0.267 e. The fourth-order valence-corrected chi connectivity index (χ4v) is 3.65. The molecule has 1 aliphatic rings. The second-order valence-corrected chi connectivity index (χ2v) is 7.71. The summed E-state index contributed by atoms with van der Waals surface area (Å²) < 4.78 is 5.33. The molecule has 3 rings (SSSR count). The Kier molecular flexibility index (Phi) is 8.27. The number of carbonyl (C=O) groups excluding carboxylic acids is 2. The molecule has 1 fully saturated rings. The fraction of sp³-hybridized carbons (Fsp3) is 0.417. The van der Waals surface area contributed by atoms with E-state index in [1.165, 1.54) is 31.9 Å². The van der Waals surface area contributed by atoms with Crippen molar-refractivity contribution in [3.63, 3.8) is 0 Å². The summed E-state index contributed by atoms with van der Waals surface area (Å²) in [5, 5.41) is 5.68. The number of aryl methyl sites for hydroxylation is 1. The van der Waals surface area contributed by atoms with Gasteiger partial charge in [-0.05, 0) is 69.6 Å². The lowest BCUT2D eigenvalue weighted by atomic mass is 10.1. The Morgan fingerprint density at radius 1 is 1.07 bits per heavy atom. The minimum Gasteiger partial charge on any atom is -0.465 e. The van der Waals surface area contributed by atoms with Gasteiger partial charge >= 0.3 is 0 Å². The van der Waals surface area contributed by atoms with Crippen molar-refractivity contribution in [2.45, 2.75) is 39.0 Å². The highest BCUT2D eigenvalue weighted by Gasteiger charge is 2.16. The molecule has 6 heteroatoms. The van der Waals surface area contributed by atoms with Gasteiger partial charge in [0.1, 0.15) is 11.5 Å². The maximum absolute atomic E-state index is 12.8.